The molecule has 0 aliphatic rings. The van der Waals surface area contributed by atoms with E-state index < -0.39 is 0 Å². The van der Waals surface area contributed by atoms with Crippen molar-refractivity contribution in [3.05, 3.63) is 75.7 Å². The topological polar surface area (TPSA) is 42.0 Å². The molecule has 1 heterocycles. The van der Waals surface area contributed by atoms with Crippen molar-refractivity contribution in [3.63, 3.8) is 0 Å². The highest BCUT2D eigenvalue weighted by Crippen LogP contribution is 2.24. The fourth-order valence-electron chi connectivity index (χ4n) is 2.36. The lowest BCUT2D eigenvalue weighted by atomic mass is 10.2. The molecule has 0 atom stereocenters. The monoisotopic (exact) mass is 400 g/mol. The van der Waals surface area contributed by atoms with Crippen LogP contribution in [0.5, 0.6) is 0 Å². The summed E-state index contributed by atoms with van der Waals surface area (Å²) in [5, 5.41) is 6.16. The Hall–Kier alpha value is -1.76. The van der Waals surface area contributed by atoms with E-state index in [1.807, 2.05) is 43.3 Å². The second-order valence-corrected chi connectivity index (χ2v) is 8.69. The largest absolute Gasteiger partial charge is 0.348 e. The first-order chi connectivity index (χ1) is 12.6. The lowest BCUT2D eigenvalue weighted by Crippen LogP contribution is -2.22. The maximum atomic E-state index is 12.3. The van der Waals surface area contributed by atoms with Gasteiger partial charge < -0.3 is 5.32 Å². The van der Waals surface area contributed by atoms with Crippen LogP contribution in [0.15, 0.2) is 63.7 Å². The van der Waals surface area contributed by atoms with Crippen molar-refractivity contribution in [2.45, 2.75) is 29.0 Å². The van der Waals surface area contributed by atoms with Crippen LogP contribution in [0.3, 0.4) is 0 Å². The number of aryl methyl sites for hydroxylation is 1. The number of carbonyl (C=O) groups is 1. The van der Waals surface area contributed by atoms with E-state index in [4.69, 9.17) is 0 Å². The Kier molecular flexibility index (Phi) is 6.77. The van der Waals surface area contributed by atoms with E-state index >= 15 is 0 Å². The van der Waals surface area contributed by atoms with E-state index in [-0.39, 0.29) is 5.91 Å². The molecule has 26 heavy (non-hydrogen) atoms. The molecule has 0 aliphatic heterocycles. The van der Waals surface area contributed by atoms with Crippen LogP contribution >= 0.6 is 34.9 Å². The molecular weight excluding hydrogens is 380 g/mol. The molecule has 0 bridgehead atoms. The first-order valence-electron chi connectivity index (χ1n) is 8.19. The number of rotatable bonds is 7. The van der Waals surface area contributed by atoms with Crippen LogP contribution < -0.4 is 5.32 Å². The number of aromatic nitrogens is 1. The predicted molar refractivity (Wildman–Crippen MR) is 112 cm³/mol. The number of hydrogen-bond acceptors (Lipinski definition) is 5. The highest BCUT2D eigenvalue weighted by Gasteiger charge is 2.06. The Morgan fingerprint density at radius 3 is 2.38 bits per heavy atom. The number of carbonyl (C=O) groups excluding carboxylic acids is 1. The average Bonchev–Trinajstić information content (AvgIpc) is 3.10. The van der Waals surface area contributed by atoms with Gasteiger partial charge in [0.1, 0.15) is 0 Å². The van der Waals surface area contributed by atoms with Gasteiger partial charge in [-0.1, -0.05) is 12.1 Å². The van der Waals surface area contributed by atoms with Crippen LogP contribution in [0.25, 0.3) is 0 Å². The number of thioether (sulfide) groups is 2. The number of thiazole rings is 1. The number of nitrogens with one attached hydrogen (secondary N) is 1. The third-order valence-corrected chi connectivity index (χ3v) is 6.39. The third-order valence-electron chi connectivity index (χ3n) is 3.78. The molecule has 6 heteroatoms. The summed E-state index contributed by atoms with van der Waals surface area (Å²) in [6.07, 6.45) is 2.05. The van der Waals surface area contributed by atoms with Crippen molar-refractivity contribution in [2.75, 3.05) is 6.26 Å². The van der Waals surface area contributed by atoms with Gasteiger partial charge in [0, 0.05) is 33.0 Å². The number of amides is 1. The molecule has 2 aromatic carbocycles. The SMILES string of the molecule is CSc1ccc(CNC(=O)c2ccc(SCc3csc(C)n3)cc2)cc1. The van der Waals surface area contributed by atoms with Gasteiger partial charge >= 0.3 is 0 Å². The minimum atomic E-state index is -0.0504. The van der Waals surface area contributed by atoms with Crippen molar-refractivity contribution >= 4 is 40.8 Å². The standard InChI is InChI=1S/C20H20N2OS3/c1-14-22-17(12-25-14)13-26-19-9-5-16(6-10-19)20(23)21-11-15-3-7-18(24-2)8-4-15/h3-10,12H,11,13H2,1-2H3,(H,21,23). The van der Waals surface area contributed by atoms with Gasteiger partial charge in [0.2, 0.25) is 0 Å². The van der Waals surface area contributed by atoms with Crippen LogP contribution in [0.4, 0.5) is 0 Å². The molecule has 3 nitrogen and oxygen atoms in total. The van der Waals surface area contributed by atoms with E-state index in [1.54, 1.807) is 34.9 Å². The fraction of sp³-hybridized carbons (Fsp3) is 0.200. The molecule has 134 valence electrons. The highest BCUT2D eigenvalue weighted by atomic mass is 32.2. The smallest absolute Gasteiger partial charge is 0.251 e. The van der Waals surface area contributed by atoms with Gasteiger partial charge in [0.15, 0.2) is 0 Å². The van der Waals surface area contributed by atoms with Gasteiger partial charge in [-0.3, -0.25) is 4.79 Å². The van der Waals surface area contributed by atoms with Crippen LogP contribution in [-0.4, -0.2) is 17.1 Å². The zero-order valence-electron chi connectivity index (χ0n) is 14.7. The summed E-state index contributed by atoms with van der Waals surface area (Å²) in [5.74, 6) is 0.799. The van der Waals surface area contributed by atoms with Crippen LogP contribution in [-0.2, 0) is 12.3 Å². The lowest BCUT2D eigenvalue weighted by molar-refractivity contribution is 0.0951. The Morgan fingerprint density at radius 2 is 1.77 bits per heavy atom. The number of benzene rings is 2. The van der Waals surface area contributed by atoms with Crippen molar-refractivity contribution in [1.29, 1.82) is 0 Å². The van der Waals surface area contributed by atoms with Crippen LogP contribution in [0.1, 0.15) is 26.6 Å². The Bertz CT molecular complexity index is 858. The van der Waals surface area contributed by atoms with Crippen molar-refractivity contribution in [1.82, 2.24) is 10.3 Å². The zero-order valence-corrected chi connectivity index (χ0v) is 17.1. The summed E-state index contributed by atoms with van der Waals surface area (Å²) >= 11 is 5.12. The zero-order chi connectivity index (χ0) is 18.4. The summed E-state index contributed by atoms with van der Waals surface area (Å²) in [4.78, 5) is 19.1. The summed E-state index contributed by atoms with van der Waals surface area (Å²) < 4.78 is 0. The molecule has 1 N–H and O–H groups in total. The molecule has 1 aromatic heterocycles. The van der Waals surface area contributed by atoms with Crippen LogP contribution in [0, 0.1) is 6.92 Å². The van der Waals surface area contributed by atoms with Gasteiger partial charge in [-0.15, -0.1) is 34.9 Å². The van der Waals surface area contributed by atoms with E-state index in [0.29, 0.717) is 12.1 Å². The molecule has 3 aromatic rings. The van der Waals surface area contributed by atoms with Gasteiger partial charge in [-0.05, 0) is 55.1 Å². The average molecular weight is 401 g/mol. The number of hydrogen-bond donors (Lipinski definition) is 1. The molecule has 3 rings (SSSR count). The molecule has 0 spiro atoms. The summed E-state index contributed by atoms with van der Waals surface area (Å²) in [7, 11) is 0. The first kappa shape index (κ1) is 19.0. The fourth-order valence-corrected chi connectivity index (χ4v) is 4.28. The molecule has 0 saturated carbocycles. The summed E-state index contributed by atoms with van der Waals surface area (Å²) in [6.45, 7) is 2.55. The van der Waals surface area contributed by atoms with E-state index in [1.165, 1.54) is 4.90 Å². The molecular formula is C20H20N2OS3. The minimum Gasteiger partial charge on any atom is -0.348 e. The van der Waals surface area contributed by atoms with Crippen molar-refractivity contribution in [2.24, 2.45) is 0 Å². The minimum absolute atomic E-state index is 0.0504. The lowest BCUT2D eigenvalue weighted by Gasteiger charge is -2.07. The Balaban J connectivity index is 1.51. The highest BCUT2D eigenvalue weighted by molar-refractivity contribution is 7.98. The van der Waals surface area contributed by atoms with Crippen molar-refractivity contribution in [3.8, 4) is 0 Å². The van der Waals surface area contributed by atoms with Crippen molar-refractivity contribution < 1.29 is 4.79 Å². The van der Waals surface area contributed by atoms with Gasteiger partial charge in [-0.25, -0.2) is 4.98 Å². The van der Waals surface area contributed by atoms with Gasteiger partial charge in [0.05, 0.1) is 10.7 Å². The Morgan fingerprint density at radius 1 is 1.08 bits per heavy atom. The summed E-state index contributed by atoms with van der Waals surface area (Å²) in [6, 6.07) is 16.0. The molecule has 0 radical (unpaired) electrons. The molecule has 0 fully saturated rings. The van der Waals surface area contributed by atoms with Gasteiger partial charge in [-0.2, -0.15) is 0 Å². The van der Waals surface area contributed by atoms with E-state index in [2.05, 4.69) is 34.1 Å². The normalized spacial score (nSPS) is 10.7. The molecule has 0 aliphatic carbocycles. The molecule has 1 amide bonds. The second kappa shape index (κ2) is 9.26. The molecule has 0 saturated heterocycles. The third kappa shape index (κ3) is 5.37. The number of nitrogens with zero attached hydrogens (tertiary/aromatic N) is 1. The van der Waals surface area contributed by atoms with Gasteiger partial charge in [0.25, 0.3) is 5.91 Å². The molecule has 0 unspecified atom stereocenters. The predicted octanol–water partition coefficient (Wildman–Crippen LogP) is 5.40. The maximum absolute atomic E-state index is 12.3. The van der Waals surface area contributed by atoms with Crippen LogP contribution in [0.2, 0.25) is 0 Å². The summed E-state index contributed by atoms with van der Waals surface area (Å²) in [5.41, 5.74) is 2.88. The quantitative estimate of drug-likeness (QED) is 0.540. The second-order valence-electron chi connectivity index (χ2n) is 5.70. The van der Waals surface area contributed by atoms with E-state index in [9.17, 15) is 4.79 Å². The first-order valence-corrected chi connectivity index (χ1v) is 11.3. The Labute approximate surface area is 166 Å². The van der Waals surface area contributed by atoms with E-state index in [0.717, 1.165) is 26.9 Å². The maximum Gasteiger partial charge on any atom is 0.251 e.